The molecule has 10 rings (SSSR count). The molecule has 9 aromatic carbocycles. The van der Waals surface area contributed by atoms with Crippen LogP contribution in [0.15, 0.2) is 218 Å². The van der Waals surface area contributed by atoms with E-state index in [9.17, 15) is 0 Å². The number of rotatable bonds is 7. The summed E-state index contributed by atoms with van der Waals surface area (Å²) in [7, 11) is 0. The second-order valence-corrected chi connectivity index (χ2v) is 14.6. The maximum absolute atomic E-state index is 2.45. The van der Waals surface area contributed by atoms with Crippen molar-refractivity contribution in [2.45, 2.75) is 12.3 Å². The summed E-state index contributed by atoms with van der Waals surface area (Å²) in [5.41, 5.74) is 16.9. The van der Waals surface area contributed by atoms with Gasteiger partial charge in [-0.3, -0.25) is 0 Å². The lowest BCUT2D eigenvalue weighted by atomic mass is 9.74. The van der Waals surface area contributed by atoms with Crippen LogP contribution in [0, 0.1) is 0 Å². The fraction of sp³-hybridized carbons (Fsp3) is 0.0370. The molecule has 0 bridgehead atoms. The molecular weight excluding hydrogens is 663 g/mol. The second kappa shape index (κ2) is 13.5. The molecule has 1 aliphatic rings. The quantitative estimate of drug-likeness (QED) is 0.160. The molecule has 55 heavy (non-hydrogen) atoms. The highest BCUT2D eigenvalue weighted by Crippen LogP contribution is 2.56. The number of hydrogen-bond donors (Lipinski definition) is 0. The molecule has 0 radical (unpaired) electrons. The molecule has 0 aromatic heterocycles. The van der Waals surface area contributed by atoms with E-state index < -0.39 is 0 Å². The van der Waals surface area contributed by atoms with Crippen LogP contribution in [0.25, 0.3) is 55.3 Å². The number of fused-ring (bicyclic) bond motifs is 4. The first kappa shape index (κ1) is 32.7. The molecular formula is C54H39N. The maximum atomic E-state index is 2.45. The Balaban J connectivity index is 1.11. The zero-order valence-electron chi connectivity index (χ0n) is 30.7. The summed E-state index contributed by atoms with van der Waals surface area (Å²) in [6.45, 7) is 2.39. The first-order chi connectivity index (χ1) is 27.2. The summed E-state index contributed by atoms with van der Waals surface area (Å²) in [5.74, 6) is 0. The van der Waals surface area contributed by atoms with Crippen molar-refractivity contribution in [2.75, 3.05) is 4.90 Å². The molecule has 1 aliphatic carbocycles. The van der Waals surface area contributed by atoms with Gasteiger partial charge in [0.2, 0.25) is 0 Å². The highest BCUT2D eigenvalue weighted by atomic mass is 15.1. The van der Waals surface area contributed by atoms with Gasteiger partial charge in [-0.25, -0.2) is 0 Å². The Kier molecular flexibility index (Phi) is 8.00. The normalized spacial score (nSPS) is 14.3. The Morgan fingerprint density at radius 1 is 0.345 bits per heavy atom. The summed E-state index contributed by atoms with van der Waals surface area (Å²) in [4.78, 5) is 2.45. The predicted molar refractivity (Wildman–Crippen MR) is 232 cm³/mol. The average molecular weight is 702 g/mol. The maximum Gasteiger partial charge on any atom is 0.0543 e. The van der Waals surface area contributed by atoms with Gasteiger partial charge >= 0.3 is 0 Å². The van der Waals surface area contributed by atoms with Gasteiger partial charge in [0, 0.05) is 22.4 Å². The third kappa shape index (κ3) is 5.56. The lowest BCUT2D eigenvalue weighted by Crippen LogP contribution is -2.22. The summed E-state index contributed by atoms with van der Waals surface area (Å²) in [6.07, 6.45) is 0. The zero-order valence-corrected chi connectivity index (χ0v) is 30.7. The van der Waals surface area contributed by atoms with E-state index in [1.54, 1.807) is 0 Å². The van der Waals surface area contributed by atoms with Crippen LogP contribution in [0.3, 0.4) is 0 Å². The SMILES string of the molecule is C[C@]1(c2ccccc2)c2ccccc2-c2c(N(c3ccc(-c4ccc(-c5ccccc5)cc4)cc3)c3ccc(-c4cccc5ccccc45)cc3)cccc21. The van der Waals surface area contributed by atoms with Gasteiger partial charge in [0.05, 0.1) is 5.69 Å². The van der Waals surface area contributed by atoms with E-state index in [-0.39, 0.29) is 5.41 Å². The molecule has 0 heterocycles. The Labute approximate surface area is 323 Å². The minimum absolute atomic E-state index is 0.289. The van der Waals surface area contributed by atoms with E-state index in [0.717, 1.165) is 11.4 Å². The monoisotopic (exact) mass is 701 g/mol. The fourth-order valence-corrected chi connectivity index (χ4v) is 8.77. The van der Waals surface area contributed by atoms with E-state index in [1.165, 1.54) is 77.7 Å². The summed E-state index contributed by atoms with van der Waals surface area (Å²) >= 11 is 0. The second-order valence-electron chi connectivity index (χ2n) is 14.6. The van der Waals surface area contributed by atoms with E-state index in [0.29, 0.717) is 0 Å². The minimum atomic E-state index is -0.289. The largest absolute Gasteiger partial charge is 0.310 e. The molecule has 0 saturated carbocycles. The van der Waals surface area contributed by atoms with Crippen molar-refractivity contribution in [3.63, 3.8) is 0 Å². The van der Waals surface area contributed by atoms with Crippen molar-refractivity contribution >= 4 is 27.8 Å². The van der Waals surface area contributed by atoms with Crippen LogP contribution in [0.1, 0.15) is 23.6 Å². The van der Waals surface area contributed by atoms with Crippen LogP contribution in [-0.4, -0.2) is 0 Å². The van der Waals surface area contributed by atoms with Crippen LogP contribution in [0.2, 0.25) is 0 Å². The highest BCUT2D eigenvalue weighted by Gasteiger charge is 2.42. The molecule has 0 unspecified atom stereocenters. The van der Waals surface area contributed by atoms with Crippen LogP contribution in [-0.2, 0) is 5.41 Å². The van der Waals surface area contributed by atoms with E-state index in [2.05, 4.69) is 230 Å². The van der Waals surface area contributed by atoms with Gasteiger partial charge in [0.1, 0.15) is 0 Å². The van der Waals surface area contributed by atoms with Crippen LogP contribution in [0.5, 0.6) is 0 Å². The topological polar surface area (TPSA) is 3.24 Å². The highest BCUT2D eigenvalue weighted by molar-refractivity contribution is 5.98. The Morgan fingerprint density at radius 2 is 0.818 bits per heavy atom. The lowest BCUT2D eigenvalue weighted by Gasteiger charge is -2.30. The molecule has 0 aliphatic heterocycles. The first-order valence-electron chi connectivity index (χ1n) is 19.1. The molecule has 1 nitrogen and oxygen atoms in total. The molecule has 0 amide bonds. The zero-order chi connectivity index (χ0) is 36.8. The van der Waals surface area contributed by atoms with Gasteiger partial charge < -0.3 is 4.90 Å². The molecule has 1 heteroatoms. The number of benzene rings is 9. The molecule has 0 fully saturated rings. The third-order valence-electron chi connectivity index (χ3n) is 11.6. The first-order valence-corrected chi connectivity index (χ1v) is 19.1. The molecule has 0 saturated heterocycles. The van der Waals surface area contributed by atoms with Crippen molar-refractivity contribution < 1.29 is 0 Å². The van der Waals surface area contributed by atoms with E-state index >= 15 is 0 Å². The number of hydrogen-bond acceptors (Lipinski definition) is 1. The molecule has 0 N–H and O–H groups in total. The fourth-order valence-electron chi connectivity index (χ4n) is 8.77. The summed E-state index contributed by atoms with van der Waals surface area (Å²) < 4.78 is 0. The van der Waals surface area contributed by atoms with Gasteiger partial charge in [0.25, 0.3) is 0 Å². The van der Waals surface area contributed by atoms with Crippen molar-refractivity contribution in [1.29, 1.82) is 0 Å². The van der Waals surface area contributed by atoms with E-state index in [1.807, 2.05) is 0 Å². The number of nitrogens with zero attached hydrogens (tertiary/aromatic N) is 1. The Morgan fingerprint density at radius 3 is 1.51 bits per heavy atom. The minimum Gasteiger partial charge on any atom is -0.310 e. The summed E-state index contributed by atoms with van der Waals surface area (Å²) in [5, 5.41) is 2.51. The van der Waals surface area contributed by atoms with Gasteiger partial charge in [-0.05, 0) is 104 Å². The van der Waals surface area contributed by atoms with Crippen molar-refractivity contribution in [1.82, 2.24) is 0 Å². The molecule has 9 aromatic rings. The smallest absolute Gasteiger partial charge is 0.0543 e. The van der Waals surface area contributed by atoms with Crippen LogP contribution < -0.4 is 4.90 Å². The molecule has 1 atom stereocenters. The van der Waals surface area contributed by atoms with Crippen LogP contribution in [0.4, 0.5) is 17.1 Å². The summed E-state index contributed by atoms with van der Waals surface area (Å²) in [6, 6.07) is 79.7. The third-order valence-corrected chi connectivity index (χ3v) is 11.6. The number of anilines is 3. The van der Waals surface area contributed by atoms with Crippen molar-refractivity contribution in [3.05, 3.63) is 235 Å². The van der Waals surface area contributed by atoms with Gasteiger partial charge in [-0.2, -0.15) is 0 Å². The molecule has 260 valence electrons. The standard InChI is InChI=1S/C54H39N/c1-54(44-18-6-3-7-19-44)50-23-11-10-21-49(50)53-51(54)24-13-25-52(53)55(46-36-32-43(33-37-46)48-22-12-17-42-16-8-9-20-47(42)48)45-34-30-41(31-35-45)40-28-26-39(27-29-40)38-14-4-2-5-15-38/h2-37H,1H3/t54-/m0/s1. The van der Waals surface area contributed by atoms with Crippen molar-refractivity contribution in [3.8, 4) is 44.5 Å². The lowest BCUT2D eigenvalue weighted by molar-refractivity contribution is 0.714. The van der Waals surface area contributed by atoms with Gasteiger partial charge in [-0.1, -0.05) is 188 Å². The predicted octanol–water partition coefficient (Wildman–Crippen LogP) is 14.6. The van der Waals surface area contributed by atoms with Gasteiger partial charge in [0.15, 0.2) is 0 Å². The average Bonchev–Trinajstić information content (AvgIpc) is 3.54. The Hall–Kier alpha value is -6.96. The van der Waals surface area contributed by atoms with Crippen molar-refractivity contribution in [2.24, 2.45) is 0 Å². The van der Waals surface area contributed by atoms with E-state index in [4.69, 9.17) is 0 Å². The van der Waals surface area contributed by atoms with Crippen LogP contribution >= 0.6 is 0 Å². The van der Waals surface area contributed by atoms with Gasteiger partial charge in [-0.15, -0.1) is 0 Å². The molecule has 0 spiro atoms. The Bertz CT molecular complexity index is 2780.